The molecule has 2 aromatic carbocycles. The van der Waals surface area contributed by atoms with Crippen molar-refractivity contribution in [2.24, 2.45) is 0 Å². The fourth-order valence-electron chi connectivity index (χ4n) is 3.06. The molecule has 1 heterocycles. The normalized spacial score (nSPS) is 11.2. The van der Waals surface area contributed by atoms with Crippen LogP contribution in [0.2, 0.25) is 5.02 Å². The van der Waals surface area contributed by atoms with E-state index in [2.05, 4.69) is 21.2 Å². The largest absolute Gasteiger partial charge is 0.354 e. The Kier molecular flexibility index (Phi) is 5.64. The summed E-state index contributed by atoms with van der Waals surface area (Å²) >= 11 is 9.71. The molecule has 0 bridgehead atoms. The smallest absolute Gasteiger partial charge is 0.224 e. The van der Waals surface area contributed by atoms with Gasteiger partial charge in [0.25, 0.3) is 0 Å². The van der Waals surface area contributed by atoms with Crippen LogP contribution in [0.5, 0.6) is 0 Å². The quantitative estimate of drug-likeness (QED) is 0.576. The third kappa shape index (κ3) is 4.08. The molecular formula is C21H20BrClN2O. The molecule has 0 radical (unpaired) electrons. The van der Waals surface area contributed by atoms with Gasteiger partial charge >= 0.3 is 0 Å². The SMILES string of the molecule is Cc1c(CC(=O)NC(C)C)c(-c2cccc(Cl)c2)nc2ccc(Br)cc12. The summed E-state index contributed by atoms with van der Waals surface area (Å²) in [5, 5.41) is 4.65. The van der Waals surface area contributed by atoms with E-state index in [4.69, 9.17) is 16.6 Å². The maximum Gasteiger partial charge on any atom is 0.224 e. The highest BCUT2D eigenvalue weighted by molar-refractivity contribution is 9.10. The van der Waals surface area contributed by atoms with E-state index in [1.165, 1.54) is 0 Å². The molecule has 134 valence electrons. The lowest BCUT2D eigenvalue weighted by Crippen LogP contribution is -2.31. The molecular weight excluding hydrogens is 412 g/mol. The molecule has 0 unspecified atom stereocenters. The molecule has 0 fully saturated rings. The molecule has 0 saturated heterocycles. The second kappa shape index (κ2) is 7.77. The Morgan fingerprint density at radius 1 is 1.23 bits per heavy atom. The van der Waals surface area contributed by atoms with E-state index in [9.17, 15) is 4.79 Å². The summed E-state index contributed by atoms with van der Waals surface area (Å²) in [6.07, 6.45) is 0.279. The van der Waals surface area contributed by atoms with Crippen LogP contribution < -0.4 is 5.32 Å². The second-order valence-corrected chi connectivity index (χ2v) is 7.99. The van der Waals surface area contributed by atoms with Gasteiger partial charge in [0.05, 0.1) is 17.6 Å². The maximum absolute atomic E-state index is 12.5. The number of carbonyl (C=O) groups is 1. The zero-order chi connectivity index (χ0) is 18.8. The third-order valence-corrected chi connectivity index (χ3v) is 4.95. The number of pyridine rings is 1. The Hall–Kier alpha value is -1.91. The van der Waals surface area contributed by atoms with Crippen LogP contribution in [0.15, 0.2) is 46.9 Å². The summed E-state index contributed by atoms with van der Waals surface area (Å²) in [7, 11) is 0. The van der Waals surface area contributed by atoms with Crippen molar-refractivity contribution in [2.45, 2.75) is 33.2 Å². The lowest BCUT2D eigenvalue weighted by atomic mass is 9.95. The number of benzene rings is 2. The highest BCUT2D eigenvalue weighted by Gasteiger charge is 2.17. The molecule has 0 aliphatic rings. The van der Waals surface area contributed by atoms with E-state index in [1.807, 2.05) is 63.2 Å². The molecule has 0 saturated carbocycles. The van der Waals surface area contributed by atoms with Gasteiger partial charge in [0, 0.05) is 26.5 Å². The number of amides is 1. The number of aryl methyl sites for hydroxylation is 1. The van der Waals surface area contributed by atoms with E-state index in [1.54, 1.807) is 0 Å². The number of hydrogen-bond donors (Lipinski definition) is 1. The van der Waals surface area contributed by atoms with Gasteiger partial charge in [0.15, 0.2) is 0 Å². The van der Waals surface area contributed by atoms with Crippen LogP contribution in [-0.2, 0) is 11.2 Å². The van der Waals surface area contributed by atoms with Crippen molar-refractivity contribution in [2.75, 3.05) is 0 Å². The Morgan fingerprint density at radius 3 is 2.69 bits per heavy atom. The van der Waals surface area contributed by atoms with Gasteiger partial charge in [0.2, 0.25) is 5.91 Å². The van der Waals surface area contributed by atoms with Gasteiger partial charge < -0.3 is 5.32 Å². The molecule has 3 nitrogen and oxygen atoms in total. The van der Waals surface area contributed by atoms with Crippen molar-refractivity contribution in [3.63, 3.8) is 0 Å². The average molecular weight is 432 g/mol. The van der Waals surface area contributed by atoms with E-state index in [0.29, 0.717) is 5.02 Å². The van der Waals surface area contributed by atoms with Gasteiger partial charge in [-0.15, -0.1) is 0 Å². The first-order chi connectivity index (χ1) is 12.3. The molecule has 0 atom stereocenters. The van der Waals surface area contributed by atoms with Crippen LogP contribution in [0.25, 0.3) is 22.2 Å². The van der Waals surface area contributed by atoms with Crippen molar-refractivity contribution >= 4 is 44.3 Å². The minimum atomic E-state index is -0.0116. The van der Waals surface area contributed by atoms with E-state index in [0.717, 1.165) is 37.8 Å². The van der Waals surface area contributed by atoms with Crippen LogP contribution in [0.1, 0.15) is 25.0 Å². The fraction of sp³-hybridized carbons (Fsp3) is 0.238. The van der Waals surface area contributed by atoms with Crippen LogP contribution in [0.3, 0.4) is 0 Å². The topological polar surface area (TPSA) is 42.0 Å². The molecule has 26 heavy (non-hydrogen) atoms. The predicted molar refractivity (Wildman–Crippen MR) is 112 cm³/mol. The van der Waals surface area contributed by atoms with Crippen LogP contribution in [0.4, 0.5) is 0 Å². The molecule has 3 rings (SSSR count). The van der Waals surface area contributed by atoms with Crippen molar-refractivity contribution in [1.29, 1.82) is 0 Å². The van der Waals surface area contributed by atoms with Crippen molar-refractivity contribution in [3.8, 4) is 11.3 Å². The molecule has 1 amide bonds. The first kappa shape index (κ1) is 18.9. The molecule has 1 aromatic heterocycles. The van der Waals surface area contributed by atoms with E-state index in [-0.39, 0.29) is 18.4 Å². The second-order valence-electron chi connectivity index (χ2n) is 6.63. The monoisotopic (exact) mass is 430 g/mol. The number of fused-ring (bicyclic) bond motifs is 1. The fourth-order valence-corrected chi connectivity index (χ4v) is 3.61. The summed E-state index contributed by atoms with van der Waals surface area (Å²) in [6, 6.07) is 13.7. The standard InChI is InChI=1S/C21H20BrClN2O/c1-12(2)24-20(26)11-18-13(3)17-10-15(22)7-8-19(17)25-21(18)14-5-4-6-16(23)9-14/h4-10,12H,11H2,1-3H3,(H,24,26). The van der Waals surface area contributed by atoms with Gasteiger partial charge in [-0.2, -0.15) is 0 Å². The van der Waals surface area contributed by atoms with Gasteiger partial charge in [0.1, 0.15) is 0 Å². The lowest BCUT2D eigenvalue weighted by Gasteiger charge is -2.16. The highest BCUT2D eigenvalue weighted by atomic mass is 79.9. The number of rotatable bonds is 4. The number of nitrogens with zero attached hydrogens (tertiary/aromatic N) is 1. The number of aromatic nitrogens is 1. The highest BCUT2D eigenvalue weighted by Crippen LogP contribution is 2.32. The average Bonchev–Trinajstić information content (AvgIpc) is 2.57. The Morgan fingerprint density at radius 2 is 2.00 bits per heavy atom. The lowest BCUT2D eigenvalue weighted by molar-refractivity contribution is -0.120. The van der Waals surface area contributed by atoms with Gasteiger partial charge in [-0.25, -0.2) is 4.98 Å². The predicted octanol–water partition coefficient (Wildman–Crippen LogP) is 5.69. The number of halogens is 2. The summed E-state index contributed by atoms with van der Waals surface area (Å²) in [6.45, 7) is 5.96. The minimum absolute atomic E-state index is 0.0116. The molecule has 3 aromatic rings. The van der Waals surface area contributed by atoms with Crippen molar-refractivity contribution in [3.05, 3.63) is 63.1 Å². The van der Waals surface area contributed by atoms with Gasteiger partial charge in [-0.1, -0.05) is 39.7 Å². The van der Waals surface area contributed by atoms with Crippen LogP contribution >= 0.6 is 27.5 Å². The molecule has 0 aliphatic heterocycles. The first-order valence-electron chi connectivity index (χ1n) is 8.49. The number of hydrogen-bond acceptors (Lipinski definition) is 2. The Labute approximate surface area is 166 Å². The zero-order valence-corrected chi connectivity index (χ0v) is 17.3. The van der Waals surface area contributed by atoms with Gasteiger partial charge in [-0.3, -0.25) is 4.79 Å². The van der Waals surface area contributed by atoms with Gasteiger partial charge in [-0.05, 0) is 62.2 Å². The first-order valence-corrected chi connectivity index (χ1v) is 9.66. The Bertz CT molecular complexity index is 985. The number of carbonyl (C=O) groups excluding carboxylic acids is 1. The maximum atomic E-state index is 12.5. The molecule has 0 spiro atoms. The molecule has 0 aliphatic carbocycles. The van der Waals surface area contributed by atoms with Crippen LogP contribution in [0, 0.1) is 6.92 Å². The summed E-state index contributed by atoms with van der Waals surface area (Å²) in [5.74, 6) is -0.0116. The summed E-state index contributed by atoms with van der Waals surface area (Å²) in [5.41, 5.74) is 4.60. The molecule has 5 heteroatoms. The third-order valence-electron chi connectivity index (χ3n) is 4.22. The van der Waals surface area contributed by atoms with E-state index >= 15 is 0 Å². The summed E-state index contributed by atoms with van der Waals surface area (Å²) < 4.78 is 0.989. The van der Waals surface area contributed by atoms with Crippen molar-refractivity contribution in [1.82, 2.24) is 10.3 Å². The Balaban J connectivity index is 2.21. The van der Waals surface area contributed by atoms with Crippen LogP contribution in [-0.4, -0.2) is 16.9 Å². The minimum Gasteiger partial charge on any atom is -0.354 e. The number of nitrogens with one attached hydrogen (secondary N) is 1. The summed E-state index contributed by atoms with van der Waals surface area (Å²) in [4.78, 5) is 17.3. The molecule has 1 N–H and O–H groups in total. The zero-order valence-electron chi connectivity index (χ0n) is 14.9. The van der Waals surface area contributed by atoms with E-state index < -0.39 is 0 Å². The van der Waals surface area contributed by atoms with Crippen molar-refractivity contribution < 1.29 is 4.79 Å².